The third kappa shape index (κ3) is 7.47. The minimum atomic E-state index is -0.647. The van der Waals surface area contributed by atoms with Crippen LogP contribution < -0.4 is 5.32 Å². The van der Waals surface area contributed by atoms with Gasteiger partial charge in [-0.15, -0.1) is 0 Å². The van der Waals surface area contributed by atoms with Crippen LogP contribution in [0.1, 0.15) is 36.1 Å². The van der Waals surface area contributed by atoms with Gasteiger partial charge in [0.25, 0.3) is 0 Å². The first-order valence-corrected chi connectivity index (χ1v) is 11.6. The maximum Gasteiger partial charge on any atom is 0.243 e. The highest BCUT2D eigenvalue weighted by Crippen LogP contribution is 2.19. The maximum absolute atomic E-state index is 13.6. The van der Waals surface area contributed by atoms with Crippen LogP contribution in [0.4, 0.5) is 0 Å². The molecular formula is C28H31ClN2O2. The molecule has 0 spiro atoms. The molecule has 3 aromatic rings. The van der Waals surface area contributed by atoms with Gasteiger partial charge in [0.05, 0.1) is 6.42 Å². The van der Waals surface area contributed by atoms with Gasteiger partial charge in [-0.05, 0) is 49.6 Å². The molecule has 1 atom stereocenters. The Bertz CT molecular complexity index is 1060. The van der Waals surface area contributed by atoms with Gasteiger partial charge in [0.1, 0.15) is 6.04 Å². The van der Waals surface area contributed by atoms with E-state index in [9.17, 15) is 9.59 Å². The van der Waals surface area contributed by atoms with E-state index < -0.39 is 6.04 Å². The molecule has 0 aliphatic carbocycles. The van der Waals surface area contributed by atoms with E-state index >= 15 is 0 Å². The van der Waals surface area contributed by atoms with Crippen molar-refractivity contribution in [2.45, 2.75) is 52.2 Å². The SMILES string of the molecule is Cc1ccc(CC(=O)N(Cc2cccc(Cl)c2)[C@H](Cc2ccccc2)C(=O)NC(C)C)cc1. The molecule has 0 bridgehead atoms. The first-order valence-electron chi connectivity index (χ1n) is 11.3. The van der Waals surface area contributed by atoms with Crippen LogP contribution in [0.3, 0.4) is 0 Å². The molecule has 3 rings (SSSR count). The van der Waals surface area contributed by atoms with Crippen molar-refractivity contribution >= 4 is 23.4 Å². The first kappa shape index (κ1) is 24.5. The summed E-state index contributed by atoms with van der Waals surface area (Å²) in [5.41, 5.74) is 3.94. The summed E-state index contributed by atoms with van der Waals surface area (Å²) < 4.78 is 0. The number of rotatable bonds is 9. The number of hydrogen-bond acceptors (Lipinski definition) is 2. The van der Waals surface area contributed by atoms with Crippen LogP contribution in [0.2, 0.25) is 5.02 Å². The molecule has 0 unspecified atom stereocenters. The molecule has 2 amide bonds. The van der Waals surface area contributed by atoms with Gasteiger partial charge in [0, 0.05) is 24.0 Å². The predicted octanol–water partition coefficient (Wildman–Crippen LogP) is 5.36. The van der Waals surface area contributed by atoms with Crippen LogP contribution in [0, 0.1) is 6.92 Å². The van der Waals surface area contributed by atoms with Crippen molar-refractivity contribution in [1.29, 1.82) is 0 Å². The topological polar surface area (TPSA) is 49.4 Å². The van der Waals surface area contributed by atoms with Gasteiger partial charge < -0.3 is 10.2 Å². The molecule has 0 fully saturated rings. The zero-order valence-electron chi connectivity index (χ0n) is 19.4. The average Bonchev–Trinajstić information content (AvgIpc) is 2.78. The molecule has 3 aromatic carbocycles. The van der Waals surface area contributed by atoms with E-state index in [0.29, 0.717) is 18.0 Å². The smallest absolute Gasteiger partial charge is 0.243 e. The van der Waals surface area contributed by atoms with Gasteiger partial charge in [-0.25, -0.2) is 0 Å². The first-order chi connectivity index (χ1) is 15.8. The molecular weight excluding hydrogens is 432 g/mol. The summed E-state index contributed by atoms with van der Waals surface area (Å²) in [6, 6.07) is 24.5. The van der Waals surface area contributed by atoms with Crippen LogP contribution in [-0.2, 0) is 29.0 Å². The third-order valence-corrected chi connectivity index (χ3v) is 5.66. The van der Waals surface area contributed by atoms with Crippen molar-refractivity contribution in [2.75, 3.05) is 0 Å². The van der Waals surface area contributed by atoms with Gasteiger partial charge in [-0.2, -0.15) is 0 Å². The van der Waals surface area contributed by atoms with Crippen LogP contribution in [-0.4, -0.2) is 28.8 Å². The van der Waals surface area contributed by atoms with Crippen molar-refractivity contribution in [3.8, 4) is 0 Å². The Balaban J connectivity index is 1.96. The normalized spacial score (nSPS) is 11.8. The maximum atomic E-state index is 13.6. The molecule has 4 nitrogen and oxygen atoms in total. The van der Waals surface area contributed by atoms with Crippen LogP contribution in [0.5, 0.6) is 0 Å². The summed E-state index contributed by atoms with van der Waals surface area (Å²) in [5, 5.41) is 3.61. The summed E-state index contributed by atoms with van der Waals surface area (Å²) in [5.74, 6) is -0.258. The standard InChI is InChI=1S/C28H31ClN2O2/c1-20(2)30-28(33)26(17-22-8-5-4-6-9-22)31(19-24-10-7-11-25(29)16-24)27(32)18-23-14-12-21(3)13-15-23/h4-16,20,26H,17-19H2,1-3H3,(H,30,33)/t26-/m1/s1. The minimum Gasteiger partial charge on any atom is -0.352 e. The molecule has 172 valence electrons. The fourth-order valence-corrected chi connectivity index (χ4v) is 3.96. The zero-order chi connectivity index (χ0) is 23.8. The second-order valence-corrected chi connectivity index (χ2v) is 9.12. The van der Waals surface area contributed by atoms with Gasteiger partial charge in [-0.1, -0.05) is 83.9 Å². The number of carbonyl (C=O) groups is 2. The Morgan fingerprint density at radius 2 is 1.55 bits per heavy atom. The lowest BCUT2D eigenvalue weighted by Gasteiger charge is -2.32. The molecule has 33 heavy (non-hydrogen) atoms. The Morgan fingerprint density at radius 1 is 0.879 bits per heavy atom. The number of hydrogen-bond donors (Lipinski definition) is 1. The van der Waals surface area contributed by atoms with Gasteiger partial charge in [0.15, 0.2) is 0 Å². The number of nitrogens with zero attached hydrogens (tertiary/aromatic N) is 1. The zero-order valence-corrected chi connectivity index (χ0v) is 20.2. The number of halogens is 1. The van der Waals surface area contributed by atoms with E-state index in [0.717, 1.165) is 22.3 Å². The highest BCUT2D eigenvalue weighted by atomic mass is 35.5. The number of nitrogens with one attached hydrogen (secondary N) is 1. The second-order valence-electron chi connectivity index (χ2n) is 8.68. The number of carbonyl (C=O) groups excluding carboxylic acids is 2. The van der Waals surface area contributed by atoms with E-state index in [1.165, 1.54) is 0 Å². The Labute approximate surface area is 201 Å². The quantitative estimate of drug-likeness (QED) is 0.465. The summed E-state index contributed by atoms with van der Waals surface area (Å²) in [4.78, 5) is 28.6. The van der Waals surface area contributed by atoms with Gasteiger partial charge in [0.2, 0.25) is 11.8 Å². The lowest BCUT2D eigenvalue weighted by Crippen LogP contribution is -2.52. The molecule has 5 heteroatoms. The molecule has 0 aliphatic rings. The lowest BCUT2D eigenvalue weighted by atomic mass is 10.0. The fraction of sp³-hybridized carbons (Fsp3) is 0.286. The molecule has 0 aliphatic heterocycles. The van der Waals surface area contributed by atoms with Crippen molar-refractivity contribution in [2.24, 2.45) is 0 Å². The van der Waals surface area contributed by atoms with Gasteiger partial charge >= 0.3 is 0 Å². The van der Waals surface area contributed by atoms with Gasteiger partial charge in [-0.3, -0.25) is 9.59 Å². The number of amides is 2. The van der Waals surface area contributed by atoms with Crippen LogP contribution >= 0.6 is 11.6 Å². The average molecular weight is 463 g/mol. The largest absolute Gasteiger partial charge is 0.352 e. The highest BCUT2D eigenvalue weighted by molar-refractivity contribution is 6.30. The molecule has 1 N–H and O–H groups in total. The van der Waals surface area contributed by atoms with Crippen molar-refractivity contribution < 1.29 is 9.59 Å². The van der Waals surface area contributed by atoms with E-state index in [2.05, 4.69) is 5.32 Å². The predicted molar refractivity (Wildman–Crippen MR) is 134 cm³/mol. The lowest BCUT2D eigenvalue weighted by molar-refractivity contribution is -0.141. The number of aryl methyl sites for hydroxylation is 1. The third-order valence-electron chi connectivity index (χ3n) is 5.42. The summed E-state index contributed by atoms with van der Waals surface area (Å²) in [6.45, 7) is 6.16. The van der Waals surface area contributed by atoms with E-state index in [-0.39, 0.29) is 24.3 Å². The highest BCUT2D eigenvalue weighted by Gasteiger charge is 2.30. The summed E-state index contributed by atoms with van der Waals surface area (Å²) >= 11 is 6.21. The number of benzene rings is 3. The van der Waals surface area contributed by atoms with Crippen LogP contribution in [0.15, 0.2) is 78.9 Å². The van der Waals surface area contributed by atoms with E-state index in [4.69, 9.17) is 11.6 Å². The summed E-state index contributed by atoms with van der Waals surface area (Å²) in [6.07, 6.45) is 0.653. The van der Waals surface area contributed by atoms with Crippen molar-refractivity contribution in [3.05, 3.63) is 106 Å². The molecule has 0 aromatic heterocycles. The molecule has 0 saturated carbocycles. The van der Waals surface area contributed by atoms with E-state index in [1.54, 1.807) is 11.0 Å². The minimum absolute atomic E-state index is 0.0315. The van der Waals surface area contributed by atoms with Crippen LogP contribution in [0.25, 0.3) is 0 Å². The Kier molecular flexibility index (Phi) is 8.67. The summed E-state index contributed by atoms with van der Waals surface area (Å²) in [7, 11) is 0. The molecule has 0 saturated heterocycles. The van der Waals surface area contributed by atoms with Crippen molar-refractivity contribution in [3.63, 3.8) is 0 Å². The second kappa shape index (κ2) is 11.7. The monoisotopic (exact) mass is 462 g/mol. The Hall–Kier alpha value is -3.11. The Morgan fingerprint density at radius 3 is 2.18 bits per heavy atom. The fourth-order valence-electron chi connectivity index (χ4n) is 3.75. The molecule has 0 heterocycles. The molecule has 0 radical (unpaired) electrons. The van der Waals surface area contributed by atoms with E-state index in [1.807, 2.05) is 93.6 Å². The van der Waals surface area contributed by atoms with Crippen molar-refractivity contribution in [1.82, 2.24) is 10.2 Å².